The fourth-order valence-electron chi connectivity index (χ4n) is 3.14. The molecule has 4 rings (SSSR count). The maximum Gasteiger partial charge on any atom is 0.191 e. The molecule has 7 nitrogen and oxygen atoms in total. The molecule has 150 valence electrons. The Morgan fingerprint density at radius 3 is 2.69 bits per heavy atom. The number of benzene rings is 2. The van der Waals surface area contributed by atoms with Gasteiger partial charge >= 0.3 is 0 Å². The maximum atomic E-state index is 5.97. The third-order valence-electron chi connectivity index (χ3n) is 4.62. The van der Waals surface area contributed by atoms with E-state index in [1.807, 2.05) is 59.5 Å². The van der Waals surface area contributed by atoms with Crippen molar-refractivity contribution in [2.24, 2.45) is 4.99 Å². The number of para-hydroxylation sites is 2. The van der Waals surface area contributed by atoms with E-state index >= 15 is 0 Å². The summed E-state index contributed by atoms with van der Waals surface area (Å²) in [6.07, 6.45) is 3.85. The first-order chi connectivity index (χ1) is 14.3. The molecule has 0 saturated heterocycles. The smallest absolute Gasteiger partial charge is 0.191 e. The van der Waals surface area contributed by atoms with Crippen LogP contribution in [0.25, 0.3) is 0 Å². The lowest BCUT2D eigenvalue weighted by Crippen LogP contribution is -2.45. The van der Waals surface area contributed by atoms with E-state index in [4.69, 9.17) is 9.47 Å². The lowest BCUT2D eigenvalue weighted by Gasteiger charge is -2.27. The number of fused-ring (bicyclic) bond motifs is 1. The molecule has 0 fully saturated rings. The van der Waals surface area contributed by atoms with Gasteiger partial charge in [0, 0.05) is 25.4 Å². The van der Waals surface area contributed by atoms with Gasteiger partial charge in [0.15, 0.2) is 17.5 Å². The number of ether oxygens (including phenoxy) is 2. The van der Waals surface area contributed by atoms with Crippen molar-refractivity contribution in [1.82, 2.24) is 20.4 Å². The molecule has 0 bridgehead atoms. The normalized spacial score (nSPS) is 15.8. The molecule has 2 N–H and O–H groups in total. The van der Waals surface area contributed by atoms with Crippen molar-refractivity contribution >= 4 is 5.96 Å². The standard InChI is InChI=1S/C22H25N5O2/c1-23-22(25-13-19-16-28-20-9-5-6-10-21(20)29-19)24-11-18-12-26-27(15-18)14-17-7-3-2-4-8-17/h2-10,12,15,19H,11,13-14,16H2,1H3,(H2,23,24,25). The van der Waals surface area contributed by atoms with Crippen LogP contribution < -0.4 is 20.1 Å². The first kappa shape index (κ1) is 18.9. The fraction of sp³-hybridized carbons (Fsp3) is 0.273. The Hall–Kier alpha value is -3.48. The Morgan fingerprint density at radius 1 is 1.07 bits per heavy atom. The zero-order valence-corrected chi connectivity index (χ0v) is 16.4. The van der Waals surface area contributed by atoms with Crippen LogP contribution in [0, 0.1) is 0 Å². The molecule has 0 radical (unpaired) electrons. The number of nitrogens with one attached hydrogen (secondary N) is 2. The molecule has 3 aromatic rings. The summed E-state index contributed by atoms with van der Waals surface area (Å²) >= 11 is 0. The van der Waals surface area contributed by atoms with Crippen LogP contribution in [0.4, 0.5) is 0 Å². The molecule has 1 aliphatic heterocycles. The predicted octanol–water partition coefficient (Wildman–Crippen LogP) is 2.44. The minimum Gasteiger partial charge on any atom is -0.486 e. The number of hydrogen-bond acceptors (Lipinski definition) is 4. The molecule has 29 heavy (non-hydrogen) atoms. The van der Waals surface area contributed by atoms with Crippen LogP contribution in [-0.2, 0) is 13.1 Å². The van der Waals surface area contributed by atoms with Crippen molar-refractivity contribution in [3.63, 3.8) is 0 Å². The predicted molar refractivity (Wildman–Crippen MR) is 112 cm³/mol. The number of aromatic nitrogens is 2. The van der Waals surface area contributed by atoms with Gasteiger partial charge in [-0.3, -0.25) is 9.67 Å². The first-order valence-electron chi connectivity index (χ1n) is 9.68. The number of guanidine groups is 1. The van der Waals surface area contributed by atoms with Crippen molar-refractivity contribution in [1.29, 1.82) is 0 Å². The molecule has 0 saturated carbocycles. The van der Waals surface area contributed by atoms with Gasteiger partial charge in [0.2, 0.25) is 0 Å². The van der Waals surface area contributed by atoms with Gasteiger partial charge in [-0.2, -0.15) is 5.10 Å². The Balaban J connectivity index is 1.24. The van der Waals surface area contributed by atoms with E-state index in [0.29, 0.717) is 25.7 Å². The molecule has 1 unspecified atom stereocenters. The molecule has 2 aromatic carbocycles. The lowest BCUT2D eigenvalue weighted by molar-refractivity contribution is 0.0936. The summed E-state index contributed by atoms with van der Waals surface area (Å²) < 4.78 is 13.7. The summed E-state index contributed by atoms with van der Waals surface area (Å²) in [4.78, 5) is 4.28. The zero-order chi connectivity index (χ0) is 19.9. The zero-order valence-electron chi connectivity index (χ0n) is 16.4. The van der Waals surface area contributed by atoms with Gasteiger partial charge < -0.3 is 20.1 Å². The average molecular weight is 391 g/mol. The van der Waals surface area contributed by atoms with E-state index in [-0.39, 0.29) is 6.10 Å². The topological polar surface area (TPSA) is 72.7 Å². The van der Waals surface area contributed by atoms with Gasteiger partial charge in [-0.05, 0) is 17.7 Å². The molecule has 0 spiro atoms. The summed E-state index contributed by atoms with van der Waals surface area (Å²) in [5, 5.41) is 11.0. The minimum atomic E-state index is -0.0722. The summed E-state index contributed by atoms with van der Waals surface area (Å²) in [7, 11) is 1.75. The largest absolute Gasteiger partial charge is 0.486 e. The minimum absolute atomic E-state index is 0.0722. The van der Waals surface area contributed by atoms with Gasteiger partial charge in [0.05, 0.1) is 19.3 Å². The van der Waals surface area contributed by atoms with E-state index in [1.54, 1.807) is 7.05 Å². The van der Waals surface area contributed by atoms with Crippen LogP contribution in [-0.4, -0.2) is 42.0 Å². The van der Waals surface area contributed by atoms with Crippen LogP contribution in [0.3, 0.4) is 0 Å². The Kier molecular flexibility index (Phi) is 5.95. The number of aliphatic imine (C=N–C) groups is 1. The monoisotopic (exact) mass is 391 g/mol. The summed E-state index contributed by atoms with van der Waals surface area (Å²) in [5.74, 6) is 2.28. The van der Waals surface area contributed by atoms with Crippen LogP contribution in [0.15, 0.2) is 72.0 Å². The first-order valence-corrected chi connectivity index (χ1v) is 9.68. The molecule has 1 aliphatic rings. The van der Waals surface area contributed by atoms with Crippen LogP contribution in [0.1, 0.15) is 11.1 Å². The molecule has 0 aliphatic carbocycles. The number of rotatable bonds is 6. The molecule has 2 heterocycles. The van der Waals surface area contributed by atoms with E-state index < -0.39 is 0 Å². The van der Waals surface area contributed by atoms with Crippen molar-refractivity contribution in [3.8, 4) is 11.5 Å². The van der Waals surface area contributed by atoms with Gasteiger partial charge in [0.25, 0.3) is 0 Å². The summed E-state index contributed by atoms with van der Waals surface area (Å²) in [5.41, 5.74) is 2.32. The third-order valence-corrected chi connectivity index (χ3v) is 4.62. The molecule has 0 amide bonds. The molecular formula is C22H25N5O2. The molecule has 1 atom stereocenters. The van der Waals surface area contributed by atoms with Crippen molar-refractivity contribution in [2.75, 3.05) is 20.2 Å². The van der Waals surface area contributed by atoms with Crippen molar-refractivity contribution in [3.05, 3.63) is 78.1 Å². The molecule has 7 heteroatoms. The molecule has 1 aromatic heterocycles. The third kappa shape index (κ3) is 5.07. The average Bonchev–Trinajstić information content (AvgIpc) is 3.21. The van der Waals surface area contributed by atoms with Crippen LogP contribution in [0.2, 0.25) is 0 Å². The SMILES string of the molecule is CN=C(NCc1cnn(Cc2ccccc2)c1)NCC1COc2ccccc2O1. The molecular weight excluding hydrogens is 366 g/mol. The summed E-state index contributed by atoms with van der Waals surface area (Å²) in [6.45, 7) is 2.50. The Labute approximate surface area is 170 Å². The second-order valence-electron chi connectivity index (χ2n) is 6.84. The number of hydrogen-bond donors (Lipinski definition) is 2. The highest BCUT2D eigenvalue weighted by Gasteiger charge is 2.20. The van der Waals surface area contributed by atoms with Gasteiger partial charge in [-0.1, -0.05) is 42.5 Å². The van der Waals surface area contributed by atoms with Gasteiger partial charge in [0.1, 0.15) is 12.7 Å². The maximum absolute atomic E-state index is 5.97. The second-order valence-corrected chi connectivity index (χ2v) is 6.84. The second kappa shape index (κ2) is 9.14. The van der Waals surface area contributed by atoms with Gasteiger partial charge in [-0.25, -0.2) is 0 Å². The van der Waals surface area contributed by atoms with E-state index in [0.717, 1.165) is 23.6 Å². The van der Waals surface area contributed by atoms with Crippen molar-refractivity contribution in [2.45, 2.75) is 19.2 Å². The highest BCUT2D eigenvalue weighted by molar-refractivity contribution is 5.79. The van der Waals surface area contributed by atoms with E-state index in [2.05, 4.69) is 32.9 Å². The van der Waals surface area contributed by atoms with Crippen LogP contribution >= 0.6 is 0 Å². The highest BCUT2D eigenvalue weighted by atomic mass is 16.6. The van der Waals surface area contributed by atoms with E-state index in [9.17, 15) is 0 Å². The highest BCUT2D eigenvalue weighted by Crippen LogP contribution is 2.30. The summed E-state index contributed by atoms with van der Waals surface area (Å²) in [6, 6.07) is 18.0. The Morgan fingerprint density at radius 2 is 1.86 bits per heavy atom. The van der Waals surface area contributed by atoms with Crippen molar-refractivity contribution < 1.29 is 9.47 Å². The van der Waals surface area contributed by atoms with E-state index in [1.165, 1.54) is 5.56 Å². The van der Waals surface area contributed by atoms with Crippen LogP contribution in [0.5, 0.6) is 11.5 Å². The lowest BCUT2D eigenvalue weighted by atomic mass is 10.2. The number of nitrogens with zero attached hydrogens (tertiary/aromatic N) is 3. The van der Waals surface area contributed by atoms with Gasteiger partial charge in [-0.15, -0.1) is 0 Å². The fourth-order valence-corrected chi connectivity index (χ4v) is 3.14. The quantitative estimate of drug-likeness (QED) is 0.499. The Bertz CT molecular complexity index is 955.